The van der Waals surface area contributed by atoms with Crippen molar-refractivity contribution >= 4 is 5.97 Å². The molecular formula is C16H21NO4. The lowest BCUT2D eigenvalue weighted by atomic mass is 9.94. The van der Waals surface area contributed by atoms with Crippen LogP contribution in [-0.4, -0.2) is 38.8 Å². The number of likely N-dealkylation sites (tertiary alicyclic amines) is 1. The van der Waals surface area contributed by atoms with Gasteiger partial charge in [-0.25, -0.2) is 0 Å². The van der Waals surface area contributed by atoms with Crippen LogP contribution in [0, 0.1) is 11.8 Å². The smallest absolute Gasteiger partial charge is 0.321 e. The highest BCUT2D eigenvalue weighted by molar-refractivity contribution is 5.74. The van der Waals surface area contributed by atoms with Gasteiger partial charge >= 0.3 is 5.97 Å². The van der Waals surface area contributed by atoms with Gasteiger partial charge in [-0.2, -0.15) is 0 Å². The van der Waals surface area contributed by atoms with E-state index in [2.05, 4.69) is 0 Å². The Labute approximate surface area is 123 Å². The second-order valence-electron chi connectivity index (χ2n) is 6.22. The topological polar surface area (TPSA) is 81.0 Å². The number of hydrogen-bond acceptors (Lipinski definition) is 4. The summed E-state index contributed by atoms with van der Waals surface area (Å²) in [5.41, 5.74) is 0.420. The maximum Gasteiger partial charge on any atom is 0.321 e. The number of carboxylic acids is 1. The highest BCUT2D eigenvalue weighted by Crippen LogP contribution is 2.47. The van der Waals surface area contributed by atoms with E-state index < -0.39 is 12.0 Å². The van der Waals surface area contributed by atoms with Gasteiger partial charge in [0, 0.05) is 12.6 Å². The predicted octanol–water partition coefficient (Wildman–Crippen LogP) is 2.34. The van der Waals surface area contributed by atoms with E-state index in [0.29, 0.717) is 11.5 Å². The fourth-order valence-corrected chi connectivity index (χ4v) is 4.20. The summed E-state index contributed by atoms with van der Waals surface area (Å²) >= 11 is 0. The van der Waals surface area contributed by atoms with E-state index in [1.54, 1.807) is 6.07 Å². The monoisotopic (exact) mass is 291 g/mol. The number of hydrogen-bond donors (Lipinski definition) is 3. The molecule has 0 bridgehead atoms. The number of phenols is 2. The summed E-state index contributed by atoms with van der Waals surface area (Å²) in [5.74, 6) is -0.155. The molecule has 2 aliphatic rings. The number of carboxylic acid groups (broad SMARTS) is 1. The first-order chi connectivity index (χ1) is 10.0. The SMILES string of the molecule is CC(c1c(O)cccc1O)N1CC2CCCC2C1C(=O)O. The van der Waals surface area contributed by atoms with Crippen molar-refractivity contribution in [2.24, 2.45) is 11.8 Å². The molecule has 3 rings (SSSR count). The number of carbonyl (C=O) groups is 1. The van der Waals surface area contributed by atoms with E-state index in [9.17, 15) is 20.1 Å². The average Bonchev–Trinajstić information content (AvgIpc) is 2.97. The van der Waals surface area contributed by atoms with E-state index in [0.717, 1.165) is 25.8 Å². The molecule has 0 radical (unpaired) electrons. The van der Waals surface area contributed by atoms with E-state index in [1.807, 2.05) is 11.8 Å². The summed E-state index contributed by atoms with van der Waals surface area (Å²) in [6.45, 7) is 2.57. The van der Waals surface area contributed by atoms with Gasteiger partial charge in [-0.15, -0.1) is 0 Å². The maximum atomic E-state index is 11.7. The summed E-state index contributed by atoms with van der Waals surface area (Å²) in [7, 11) is 0. The number of phenolic OH excluding ortho intramolecular Hbond substituents is 2. The first-order valence-electron chi connectivity index (χ1n) is 7.50. The van der Waals surface area contributed by atoms with Gasteiger partial charge in [-0.3, -0.25) is 9.69 Å². The van der Waals surface area contributed by atoms with Gasteiger partial charge in [0.15, 0.2) is 0 Å². The van der Waals surface area contributed by atoms with Crippen LogP contribution in [0.4, 0.5) is 0 Å². The molecular weight excluding hydrogens is 270 g/mol. The molecule has 1 heterocycles. The van der Waals surface area contributed by atoms with Crippen LogP contribution in [0.2, 0.25) is 0 Å². The van der Waals surface area contributed by atoms with Crippen molar-refractivity contribution in [1.82, 2.24) is 4.90 Å². The van der Waals surface area contributed by atoms with Gasteiger partial charge in [0.2, 0.25) is 0 Å². The quantitative estimate of drug-likeness (QED) is 0.796. The molecule has 1 saturated carbocycles. The predicted molar refractivity (Wildman–Crippen MR) is 77.1 cm³/mol. The molecule has 0 aromatic heterocycles. The average molecular weight is 291 g/mol. The number of rotatable bonds is 3. The lowest BCUT2D eigenvalue weighted by molar-refractivity contribution is -0.144. The number of aromatic hydroxyl groups is 2. The minimum atomic E-state index is -0.800. The molecule has 2 fully saturated rings. The third kappa shape index (κ3) is 2.25. The molecule has 4 atom stereocenters. The van der Waals surface area contributed by atoms with Crippen molar-refractivity contribution in [3.63, 3.8) is 0 Å². The Kier molecular flexibility index (Phi) is 3.53. The maximum absolute atomic E-state index is 11.7. The Balaban J connectivity index is 1.93. The van der Waals surface area contributed by atoms with Gasteiger partial charge in [0.25, 0.3) is 0 Å². The zero-order valence-corrected chi connectivity index (χ0v) is 12.1. The van der Waals surface area contributed by atoms with E-state index >= 15 is 0 Å². The second kappa shape index (κ2) is 5.22. The minimum Gasteiger partial charge on any atom is -0.507 e. The largest absolute Gasteiger partial charge is 0.507 e. The van der Waals surface area contributed by atoms with Crippen molar-refractivity contribution in [1.29, 1.82) is 0 Å². The third-order valence-electron chi connectivity index (χ3n) is 5.15. The second-order valence-corrected chi connectivity index (χ2v) is 6.22. The number of fused-ring (bicyclic) bond motifs is 1. The fraction of sp³-hybridized carbons (Fsp3) is 0.562. The third-order valence-corrected chi connectivity index (χ3v) is 5.15. The van der Waals surface area contributed by atoms with Crippen LogP contribution in [0.5, 0.6) is 11.5 Å². The standard InChI is InChI=1S/C16H21NO4/c1-9(14-12(18)6-3-7-13(14)19)17-8-10-4-2-5-11(10)15(17)16(20)21/h3,6-7,9-11,15,18-19H,2,4-5,8H2,1H3,(H,20,21). The molecule has 3 N–H and O–H groups in total. The van der Waals surface area contributed by atoms with Crippen LogP contribution < -0.4 is 0 Å². The van der Waals surface area contributed by atoms with Crippen LogP contribution >= 0.6 is 0 Å². The zero-order chi connectivity index (χ0) is 15.1. The first kappa shape index (κ1) is 14.2. The molecule has 1 saturated heterocycles. The number of nitrogens with zero attached hydrogens (tertiary/aromatic N) is 1. The van der Waals surface area contributed by atoms with Crippen molar-refractivity contribution < 1.29 is 20.1 Å². The van der Waals surface area contributed by atoms with Gasteiger partial charge < -0.3 is 15.3 Å². The molecule has 4 unspecified atom stereocenters. The van der Waals surface area contributed by atoms with Crippen molar-refractivity contribution in [3.05, 3.63) is 23.8 Å². The Morgan fingerprint density at radius 3 is 2.57 bits per heavy atom. The highest BCUT2D eigenvalue weighted by Gasteiger charge is 2.49. The first-order valence-corrected chi connectivity index (χ1v) is 7.50. The van der Waals surface area contributed by atoms with Gasteiger partial charge in [0.1, 0.15) is 17.5 Å². The summed E-state index contributed by atoms with van der Waals surface area (Å²) < 4.78 is 0. The van der Waals surface area contributed by atoms with Crippen molar-refractivity contribution in [3.8, 4) is 11.5 Å². The van der Waals surface area contributed by atoms with Gasteiger partial charge in [-0.05, 0) is 43.7 Å². The van der Waals surface area contributed by atoms with Crippen molar-refractivity contribution in [2.75, 3.05) is 6.54 Å². The molecule has 0 spiro atoms. The molecule has 5 heteroatoms. The minimum absolute atomic E-state index is 0.0173. The van der Waals surface area contributed by atoms with Crippen LogP contribution in [0.1, 0.15) is 37.8 Å². The number of benzene rings is 1. The summed E-state index contributed by atoms with van der Waals surface area (Å²) in [6, 6.07) is 3.79. The molecule has 114 valence electrons. The van der Waals surface area contributed by atoms with Gasteiger partial charge in [0.05, 0.1) is 5.56 Å². The Morgan fingerprint density at radius 1 is 1.29 bits per heavy atom. The molecule has 21 heavy (non-hydrogen) atoms. The van der Waals surface area contributed by atoms with Gasteiger partial charge in [-0.1, -0.05) is 12.5 Å². The molecule has 1 aliphatic carbocycles. The summed E-state index contributed by atoms with van der Waals surface area (Å²) in [5, 5.41) is 29.6. The number of aliphatic carboxylic acids is 1. The molecule has 1 aromatic carbocycles. The zero-order valence-electron chi connectivity index (χ0n) is 12.1. The summed E-state index contributed by atoms with van der Waals surface area (Å²) in [4.78, 5) is 13.6. The van der Waals surface area contributed by atoms with E-state index in [4.69, 9.17) is 0 Å². The fourth-order valence-electron chi connectivity index (χ4n) is 4.20. The normalized spacial score (nSPS) is 30.2. The molecule has 1 aliphatic heterocycles. The van der Waals surface area contributed by atoms with E-state index in [1.165, 1.54) is 12.1 Å². The lowest BCUT2D eigenvalue weighted by Gasteiger charge is -2.31. The Hall–Kier alpha value is -1.75. The Bertz CT molecular complexity index is 539. The lowest BCUT2D eigenvalue weighted by Crippen LogP contribution is -2.41. The Morgan fingerprint density at radius 2 is 1.95 bits per heavy atom. The van der Waals surface area contributed by atoms with Crippen LogP contribution in [0.3, 0.4) is 0 Å². The van der Waals surface area contributed by atoms with E-state index in [-0.39, 0.29) is 23.5 Å². The van der Waals surface area contributed by atoms with Crippen LogP contribution in [0.15, 0.2) is 18.2 Å². The molecule has 5 nitrogen and oxygen atoms in total. The highest BCUT2D eigenvalue weighted by atomic mass is 16.4. The van der Waals surface area contributed by atoms with Crippen molar-refractivity contribution in [2.45, 2.75) is 38.3 Å². The van der Waals surface area contributed by atoms with Crippen LogP contribution in [-0.2, 0) is 4.79 Å². The molecule has 1 aromatic rings. The van der Waals surface area contributed by atoms with Crippen LogP contribution in [0.25, 0.3) is 0 Å². The summed E-state index contributed by atoms with van der Waals surface area (Å²) in [6.07, 6.45) is 3.13. The molecule has 0 amide bonds.